The Bertz CT molecular complexity index is 696. The summed E-state index contributed by atoms with van der Waals surface area (Å²) in [6.07, 6.45) is 2.99. The molecule has 0 unspecified atom stereocenters. The van der Waals surface area contributed by atoms with E-state index in [1.165, 1.54) is 6.08 Å². The molecular formula is C16H16N2O3S. The zero-order chi connectivity index (χ0) is 15.4. The standard InChI is InChI=1S/C16H16N2O3S/c1-11-18-12(10-22-11)6-7-16(19)17-8-13-9-20-14-4-2-3-5-15(14)21-13/h2-7,10,13H,8-9H2,1H3,(H,17,19)/b7-6+/t13-/m1/s1. The highest BCUT2D eigenvalue weighted by Gasteiger charge is 2.20. The molecule has 6 heteroatoms. The van der Waals surface area contributed by atoms with Crippen molar-refractivity contribution in [3.05, 3.63) is 46.4 Å². The van der Waals surface area contributed by atoms with E-state index in [1.54, 1.807) is 17.4 Å². The molecule has 3 rings (SSSR count). The van der Waals surface area contributed by atoms with Crippen LogP contribution in [0.25, 0.3) is 6.08 Å². The van der Waals surface area contributed by atoms with Crippen LogP contribution in [0.2, 0.25) is 0 Å². The number of nitrogens with one attached hydrogen (secondary N) is 1. The highest BCUT2D eigenvalue weighted by molar-refractivity contribution is 7.09. The van der Waals surface area contributed by atoms with Gasteiger partial charge in [-0.25, -0.2) is 4.98 Å². The summed E-state index contributed by atoms with van der Waals surface area (Å²) < 4.78 is 11.4. The Morgan fingerprint density at radius 3 is 3.05 bits per heavy atom. The quantitative estimate of drug-likeness (QED) is 0.880. The van der Waals surface area contributed by atoms with E-state index in [-0.39, 0.29) is 12.0 Å². The van der Waals surface area contributed by atoms with Crippen LogP contribution >= 0.6 is 11.3 Å². The van der Waals surface area contributed by atoms with Crippen molar-refractivity contribution in [1.82, 2.24) is 10.3 Å². The molecule has 22 heavy (non-hydrogen) atoms. The fourth-order valence-corrected chi connectivity index (χ4v) is 2.64. The summed E-state index contributed by atoms with van der Waals surface area (Å²) in [6.45, 7) is 2.75. The summed E-state index contributed by atoms with van der Waals surface area (Å²) in [5.74, 6) is 1.28. The predicted molar refractivity (Wildman–Crippen MR) is 85.2 cm³/mol. The molecule has 0 saturated heterocycles. The average Bonchev–Trinajstić information content (AvgIpc) is 2.96. The number of benzene rings is 1. The highest BCUT2D eigenvalue weighted by atomic mass is 32.1. The van der Waals surface area contributed by atoms with Crippen molar-refractivity contribution in [1.29, 1.82) is 0 Å². The number of thiazole rings is 1. The molecule has 0 saturated carbocycles. The maximum absolute atomic E-state index is 11.8. The van der Waals surface area contributed by atoms with Gasteiger partial charge in [-0.1, -0.05) is 12.1 Å². The van der Waals surface area contributed by atoms with Crippen molar-refractivity contribution < 1.29 is 14.3 Å². The third kappa shape index (κ3) is 3.65. The van der Waals surface area contributed by atoms with Crippen LogP contribution in [-0.4, -0.2) is 30.1 Å². The lowest BCUT2D eigenvalue weighted by atomic mass is 10.2. The molecule has 2 heterocycles. The molecule has 1 atom stereocenters. The Morgan fingerprint density at radius 2 is 2.27 bits per heavy atom. The first-order chi connectivity index (χ1) is 10.7. The van der Waals surface area contributed by atoms with E-state index in [1.807, 2.05) is 36.6 Å². The maximum Gasteiger partial charge on any atom is 0.244 e. The summed E-state index contributed by atoms with van der Waals surface area (Å²) in [7, 11) is 0. The lowest BCUT2D eigenvalue weighted by molar-refractivity contribution is -0.116. The van der Waals surface area contributed by atoms with E-state index < -0.39 is 0 Å². The Kier molecular flexibility index (Phi) is 4.39. The summed E-state index contributed by atoms with van der Waals surface area (Å²) in [6, 6.07) is 7.51. The number of carbonyl (C=O) groups excluding carboxylic acids is 1. The fraction of sp³-hybridized carbons (Fsp3) is 0.250. The molecule has 0 aliphatic carbocycles. The normalized spacial score (nSPS) is 16.7. The van der Waals surface area contributed by atoms with Crippen molar-refractivity contribution in [2.75, 3.05) is 13.2 Å². The number of aromatic nitrogens is 1. The van der Waals surface area contributed by atoms with Crippen molar-refractivity contribution in [3.8, 4) is 11.5 Å². The molecule has 0 radical (unpaired) electrons. The number of hydrogen-bond donors (Lipinski definition) is 1. The van der Waals surface area contributed by atoms with Crippen molar-refractivity contribution >= 4 is 23.3 Å². The van der Waals surface area contributed by atoms with E-state index in [2.05, 4.69) is 10.3 Å². The molecule has 0 fully saturated rings. The second-order valence-electron chi connectivity index (χ2n) is 4.87. The predicted octanol–water partition coefficient (Wildman–Crippen LogP) is 2.42. The Hall–Kier alpha value is -2.34. The van der Waals surface area contributed by atoms with Crippen LogP contribution in [0.15, 0.2) is 35.7 Å². The smallest absolute Gasteiger partial charge is 0.244 e. The largest absolute Gasteiger partial charge is 0.486 e. The Labute approximate surface area is 132 Å². The zero-order valence-electron chi connectivity index (χ0n) is 12.1. The third-order valence-corrected chi connectivity index (χ3v) is 3.91. The van der Waals surface area contributed by atoms with Gasteiger partial charge in [0.1, 0.15) is 12.7 Å². The lowest BCUT2D eigenvalue weighted by Gasteiger charge is -2.26. The number of carbonyl (C=O) groups is 1. The highest BCUT2D eigenvalue weighted by Crippen LogP contribution is 2.30. The second kappa shape index (κ2) is 6.62. The molecule has 0 bridgehead atoms. The van der Waals surface area contributed by atoms with Crippen LogP contribution in [0.5, 0.6) is 11.5 Å². The van der Waals surface area contributed by atoms with Gasteiger partial charge in [-0.05, 0) is 25.1 Å². The monoisotopic (exact) mass is 316 g/mol. The van der Waals surface area contributed by atoms with Crippen LogP contribution < -0.4 is 14.8 Å². The fourth-order valence-electron chi connectivity index (χ4n) is 2.05. The first-order valence-corrected chi connectivity index (χ1v) is 7.85. The number of para-hydroxylation sites is 2. The number of ether oxygens (including phenoxy) is 2. The molecule has 1 aliphatic heterocycles. The van der Waals surface area contributed by atoms with Gasteiger partial charge in [-0.2, -0.15) is 0 Å². The van der Waals surface area contributed by atoms with Gasteiger partial charge < -0.3 is 14.8 Å². The number of nitrogens with zero attached hydrogens (tertiary/aromatic N) is 1. The van der Waals surface area contributed by atoms with Gasteiger partial charge >= 0.3 is 0 Å². The van der Waals surface area contributed by atoms with E-state index in [0.29, 0.717) is 18.9 Å². The summed E-state index contributed by atoms with van der Waals surface area (Å²) in [4.78, 5) is 16.1. The first-order valence-electron chi connectivity index (χ1n) is 6.97. The minimum Gasteiger partial charge on any atom is -0.486 e. The van der Waals surface area contributed by atoms with Gasteiger partial charge in [0.15, 0.2) is 11.5 Å². The molecule has 0 spiro atoms. The SMILES string of the molecule is Cc1nc(/C=C/C(=O)NC[C@@H]2COc3ccccc3O2)cs1. The van der Waals surface area contributed by atoms with Gasteiger partial charge in [0, 0.05) is 11.5 Å². The van der Waals surface area contributed by atoms with Gasteiger partial charge in [-0.15, -0.1) is 11.3 Å². The number of amides is 1. The molecule has 1 aromatic heterocycles. The zero-order valence-corrected chi connectivity index (χ0v) is 12.9. The van der Waals surface area contributed by atoms with E-state index in [0.717, 1.165) is 16.5 Å². The van der Waals surface area contributed by atoms with Gasteiger partial charge in [0.25, 0.3) is 0 Å². The van der Waals surface area contributed by atoms with E-state index in [9.17, 15) is 4.79 Å². The van der Waals surface area contributed by atoms with Crippen molar-refractivity contribution in [3.63, 3.8) is 0 Å². The maximum atomic E-state index is 11.8. The van der Waals surface area contributed by atoms with Crippen LogP contribution in [-0.2, 0) is 4.79 Å². The molecular weight excluding hydrogens is 300 g/mol. The summed E-state index contributed by atoms with van der Waals surface area (Å²) >= 11 is 1.56. The number of hydrogen-bond acceptors (Lipinski definition) is 5. The van der Waals surface area contributed by atoms with Gasteiger partial charge in [0.2, 0.25) is 5.91 Å². The molecule has 1 amide bonds. The third-order valence-electron chi connectivity index (χ3n) is 3.11. The molecule has 1 N–H and O–H groups in total. The minimum atomic E-state index is -0.186. The van der Waals surface area contributed by atoms with Crippen LogP contribution in [0.1, 0.15) is 10.7 Å². The molecule has 114 valence electrons. The molecule has 5 nitrogen and oxygen atoms in total. The molecule has 1 aromatic carbocycles. The number of aryl methyl sites for hydroxylation is 1. The van der Waals surface area contributed by atoms with Gasteiger partial charge in [0.05, 0.1) is 17.2 Å². The first kappa shape index (κ1) is 14.6. The van der Waals surface area contributed by atoms with Crippen molar-refractivity contribution in [2.24, 2.45) is 0 Å². The lowest BCUT2D eigenvalue weighted by Crippen LogP contribution is -2.40. The molecule has 1 aliphatic rings. The average molecular weight is 316 g/mol. The van der Waals surface area contributed by atoms with E-state index >= 15 is 0 Å². The molecule has 2 aromatic rings. The van der Waals surface area contributed by atoms with Crippen LogP contribution in [0.4, 0.5) is 0 Å². The number of rotatable bonds is 4. The topological polar surface area (TPSA) is 60.5 Å². The number of fused-ring (bicyclic) bond motifs is 1. The Balaban J connectivity index is 1.49. The Morgan fingerprint density at radius 1 is 1.45 bits per heavy atom. The van der Waals surface area contributed by atoms with Crippen LogP contribution in [0, 0.1) is 6.92 Å². The van der Waals surface area contributed by atoms with Crippen molar-refractivity contribution in [2.45, 2.75) is 13.0 Å². The summed E-state index contributed by atoms with van der Waals surface area (Å²) in [5, 5.41) is 5.69. The van der Waals surface area contributed by atoms with Crippen LogP contribution in [0.3, 0.4) is 0 Å². The second-order valence-corrected chi connectivity index (χ2v) is 5.93. The van der Waals surface area contributed by atoms with E-state index in [4.69, 9.17) is 9.47 Å². The van der Waals surface area contributed by atoms with Gasteiger partial charge in [-0.3, -0.25) is 4.79 Å². The minimum absolute atomic E-state index is 0.173. The summed E-state index contributed by atoms with van der Waals surface area (Å²) in [5.41, 5.74) is 0.795.